The highest BCUT2D eigenvalue weighted by Crippen LogP contribution is 2.36. The van der Waals surface area contributed by atoms with Gasteiger partial charge >= 0.3 is 0 Å². The van der Waals surface area contributed by atoms with Gasteiger partial charge in [-0.25, -0.2) is 0 Å². The molecule has 7 nitrogen and oxygen atoms in total. The second-order valence-corrected chi connectivity index (χ2v) is 8.22. The first-order chi connectivity index (χ1) is 15.0. The molecule has 1 aliphatic carbocycles. The van der Waals surface area contributed by atoms with Crippen LogP contribution in [0.3, 0.4) is 0 Å². The fourth-order valence-corrected chi connectivity index (χ4v) is 4.36. The number of anilines is 1. The average molecular weight is 424 g/mol. The van der Waals surface area contributed by atoms with Gasteiger partial charge in [-0.15, -0.1) is 0 Å². The first-order valence-corrected chi connectivity index (χ1v) is 11.0. The molecule has 1 aromatic carbocycles. The maximum atomic E-state index is 13.1. The van der Waals surface area contributed by atoms with Crippen LogP contribution in [-0.4, -0.2) is 48.2 Å². The number of amides is 2. The van der Waals surface area contributed by atoms with Gasteiger partial charge in [0.05, 0.1) is 12.0 Å². The van der Waals surface area contributed by atoms with E-state index in [1.54, 1.807) is 35.2 Å². The summed E-state index contributed by atoms with van der Waals surface area (Å²) in [4.78, 5) is 42.1. The van der Waals surface area contributed by atoms with Gasteiger partial charge in [-0.2, -0.15) is 0 Å². The van der Waals surface area contributed by atoms with E-state index in [0.29, 0.717) is 23.4 Å². The third kappa shape index (κ3) is 4.22. The van der Waals surface area contributed by atoms with Crippen molar-refractivity contribution in [1.82, 2.24) is 4.90 Å². The van der Waals surface area contributed by atoms with Crippen LogP contribution < -0.4 is 9.64 Å². The number of nitrogens with zero attached hydrogens (tertiary/aromatic N) is 2. The minimum Gasteiger partial charge on any atom is -0.478 e. The van der Waals surface area contributed by atoms with Crippen LogP contribution in [0.15, 0.2) is 41.0 Å². The van der Waals surface area contributed by atoms with Crippen LogP contribution in [0.5, 0.6) is 5.75 Å². The largest absolute Gasteiger partial charge is 0.478 e. The summed E-state index contributed by atoms with van der Waals surface area (Å²) in [6, 6.07) is 8.40. The molecule has 0 spiro atoms. The van der Waals surface area contributed by atoms with Crippen molar-refractivity contribution in [2.75, 3.05) is 18.5 Å². The van der Waals surface area contributed by atoms with Gasteiger partial charge in [-0.1, -0.05) is 26.2 Å². The number of benzene rings is 1. The molecular weight excluding hydrogens is 396 g/mol. The van der Waals surface area contributed by atoms with E-state index in [4.69, 9.17) is 9.15 Å². The second kappa shape index (κ2) is 8.96. The number of rotatable bonds is 6. The predicted octanol–water partition coefficient (Wildman–Crippen LogP) is 3.81. The number of furan rings is 1. The average Bonchev–Trinajstić information content (AvgIpc) is 3.35. The Morgan fingerprint density at radius 3 is 2.61 bits per heavy atom. The monoisotopic (exact) mass is 424 g/mol. The second-order valence-electron chi connectivity index (χ2n) is 8.22. The molecule has 2 aliphatic rings. The lowest BCUT2D eigenvalue weighted by molar-refractivity contribution is -0.134. The summed E-state index contributed by atoms with van der Waals surface area (Å²) in [5, 5.41) is 0. The Kier molecular flexibility index (Phi) is 6.11. The molecule has 1 fully saturated rings. The van der Waals surface area contributed by atoms with Crippen LogP contribution in [0.2, 0.25) is 0 Å². The standard InChI is InChI=1S/C24H28N2O5/c1-3-19-24(29)26(15-22(27)25(2)17-8-5-4-6-9-17)18-14-16(11-12-20(18)31-19)23(28)21-10-7-13-30-21/h7,10-14,17,19H,3-6,8-9,15H2,1-2H3. The Morgan fingerprint density at radius 2 is 1.94 bits per heavy atom. The topological polar surface area (TPSA) is 80.1 Å². The van der Waals surface area contributed by atoms with E-state index in [-0.39, 0.29) is 35.9 Å². The number of fused-ring (bicyclic) bond motifs is 1. The minimum absolute atomic E-state index is 0.0723. The minimum atomic E-state index is -0.646. The van der Waals surface area contributed by atoms with Crippen LogP contribution in [0.4, 0.5) is 5.69 Å². The molecule has 0 N–H and O–H groups in total. The smallest absolute Gasteiger partial charge is 0.268 e. The van der Waals surface area contributed by atoms with Gasteiger partial charge in [0.1, 0.15) is 12.3 Å². The van der Waals surface area contributed by atoms with Crippen LogP contribution in [-0.2, 0) is 9.59 Å². The van der Waals surface area contributed by atoms with Crippen LogP contribution in [0.1, 0.15) is 61.6 Å². The van der Waals surface area contributed by atoms with Gasteiger partial charge in [0.2, 0.25) is 11.7 Å². The maximum Gasteiger partial charge on any atom is 0.268 e. The van der Waals surface area contributed by atoms with Crippen molar-refractivity contribution in [1.29, 1.82) is 0 Å². The maximum absolute atomic E-state index is 13.1. The molecular formula is C24H28N2O5. The van der Waals surface area contributed by atoms with Crippen molar-refractivity contribution in [3.8, 4) is 5.75 Å². The third-order valence-corrected chi connectivity index (χ3v) is 6.25. The first kappa shape index (κ1) is 21.2. The molecule has 0 radical (unpaired) electrons. The zero-order valence-corrected chi connectivity index (χ0v) is 18.0. The number of likely N-dealkylation sites (N-methyl/N-ethyl adjacent to an activating group) is 1. The molecule has 1 unspecified atom stereocenters. The summed E-state index contributed by atoms with van der Waals surface area (Å²) in [5.74, 6) is 0.0573. The van der Waals surface area contributed by atoms with Crippen molar-refractivity contribution in [3.05, 3.63) is 47.9 Å². The van der Waals surface area contributed by atoms with Gasteiger partial charge in [-0.05, 0) is 49.6 Å². The van der Waals surface area contributed by atoms with Crippen LogP contribution in [0.25, 0.3) is 0 Å². The van der Waals surface area contributed by atoms with Crippen molar-refractivity contribution in [3.63, 3.8) is 0 Å². The number of carbonyl (C=O) groups excluding carboxylic acids is 3. The normalized spacial score (nSPS) is 19.0. The molecule has 0 bridgehead atoms. The number of hydrogen-bond donors (Lipinski definition) is 0. The summed E-state index contributed by atoms with van der Waals surface area (Å²) in [7, 11) is 1.82. The SMILES string of the molecule is CCC1Oc2ccc(C(=O)c3ccco3)cc2N(CC(=O)N(C)C2CCCCC2)C1=O. The van der Waals surface area contributed by atoms with E-state index in [2.05, 4.69) is 0 Å². The first-order valence-electron chi connectivity index (χ1n) is 11.0. The molecule has 2 aromatic rings. The Hall–Kier alpha value is -3.09. The van der Waals surface area contributed by atoms with E-state index in [0.717, 1.165) is 25.7 Å². The van der Waals surface area contributed by atoms with E-state index in [9.17, 15) is 14.4 Å². The molecule has 7 heteroatoms. The van der Waals surface area contributed by atoms with Crippen molar-refractivity contribution in [2.45, 2.75) is 57.6 Å². The molecule has 31 heavy (non-hydrogen) atoms. The van der Waals surface area contributed by atoms with Crippen molar-refractivity contribution < 1.29 is 23.5 Å². The summed E-state index contributed by atoms with van der Waals surface area (Å²) < 4.78 is 11.1. The lowest BCUT2D eigenvalue weighted by Gasteiger charge is -2.36. The highest BCUT2D eigenvalue weighted by Gasteiger charge is 2.36. The summed E-state index contributed by atoms with van der Waals surface area (Å²) >= 11 is 0. The van der Waals surface area contributed by atoms with Gasteiger partial charge in [0.15, 0.2) is 11.9 Å². The molecule has 4 rings (SSSR count). The van der Waals surface area contributed by atoms with E-state index >= 15 is 0 Å². The predicted molar refractivity (Wildman–Crippen MR) is 115 cm³/mol. The fourth-order valence-electron chi connectivity index (χ4n) is 4.36. The van der Waals surface area contributed by atoms with Crippen LogP contribution >= 0.6 is 0 Å². The number of ether oxygens (including phenoxy) is 1. The lowest BCUT2D eigenvalue weighted by Crippen LogP contribution is -2.51. The number of carbonyl (C=O) groups is 3. The Bertz CT molecular complexity index is 962. The summed E-state index contributed by atoms with van der Waals surface area (Å²) in [6.45, 7) is 1.80. The molecule has 164 valence electrons. The quantitative estimate of drug-likeness (QED) is 0.659. The molecule has 1 aliphatic heterocycles. The van der Waals surface area contributed by atoms with Crippen LogP contribution in [0, 0.1) is 0 Å². The highest BCUT2D eigenvalue weighted by molar-refractivity contribution is 6.10. The zero-order valence-electron chi connectivity index (χ0n) is 18.0. The molecule has 0 saturated heterocycles. The van der Waals surface area contributed by atoms with Gasteiger partial charge in [0, 0.05) is 18.7 Å². The zero-order chi connectivity index (χ0) is 22.0. The van der Waals surface area contributed by atoms with E-state index in [1.165, 1.54) is 17.6 Å². The number of ketones is 1. The molecule has 2 heterocycles. The van der Waals surface area contributed by atoms with Gasteiger partial charge < -0.3 is 14.1 Å². The summed E-state index contributed by atoms with van der Waals surface area (Å²) in [5.41, 5.74) is 0.815. The lowest BCUT2D eigenvalue weighted by atomic mass is 9.94. The van der Waals surface area contributed by atoms with Gasteiger partial charge in [-0.3, -0.25) is 19.3 Å². The molecule has 1 saturated carbocycles. The van der Waals surface area contributed by atoms with E-state index in [1.807, 2.05) is 14.0 Å². The van der Waals surface area contributed by atoms with Crippen molar-refractivity contribution >= 4 is 23.3 Å². The van der Waals surface area contributed by atoms with E-state index < -0.39 is 6.10 Å². The summed E-state index contributed by atoms with van der Waals surface area (Å²) in [6.07, 6.45) is 6.73. The highest BCUT2D eigenvalue weighted by atomic mass is 16.5. The number of hydrogen-bond acceptors (Lipinski definition) is 5. The third-order valence-electron chi connectivity index (χ3n) is 6.25. The Labute approximate surface area is 181 Å². The molecule has 1 aromatic heterocycles. The van der Waals surface area contributed by atoms with Crippen molar-refractivity contribution in [2.24, 2.45) is 0 Å². The Morgan fingerprint density at radius 1 is 1.16 bits per heavy atom. The molecule has 1 atom stereocenters. The van der Waals surface area contributed by atoms with Gasteiger partial charge in [0.25, 0.3) is 5.91 Å². The fraction of sp³-hybridized carbons (Fsp3) is 0.458. The molecule has 2 amide bonds. The Balaban J connectivity index is 1.62.